The van der Waals surface area contributed by atoms with E-state index in [0.717, 1.165) is 49.0 Å². The van der Waals surface area contributed by atoms with E-state index in [1.54, 1.807) is 28.4 Å². The number of ether oxygens (including phenoxy) is 3. The van der Waals surface area contributed by atoms with Crippen LogP contribution in [-0.2, 0) is 6.42 Å². The number of guanidine groups is 1. The third-order valence-corrected chi connectivity index (χ3v) is 4.92. The van der Waals surface area contributed by atoms with E-state index in [4.69, 9.17) is 14.2 Å². The zero-order chi connectivity index (χ0) is 21.8. The van der Waals surface area contributed by atoms with Gasteiger partial charge in [0.25, 0.3) is 0 Å². The van der Waals surface area contributed by atoms with Gasteiger partial charge in [0.1, 0.15) is 17.2 Å². The lowest BCUT2D eigenvalue weighted by atomic mass is 10.1. The Morgan fingerprint density at radius 3 is 1.93 bits per heavy atom. The average Bonchev–Trinajstić information content (AvgIpc) is 2.71. The summed E-state index contributed by atoms with van der Waals surface area (Å²) < 4.78 is 16.3. The van der Waals surface area contributed by atoms with Crippen LogP contribution in [-0.4, -0.2) is 71.0 Å². The summed E-state index contributed by atoms with van der Waals surface area (Å²) in [6.07, 6.45) is 1.81. The number of benzene rings is 1. The van der Waals surface area contributed by atoms with E-state index in [-0.39, 0.29) is 0 Å². The van der Waals surface area contributed by atoms with Crippen LogP contribution in [0.15, 0.2) is 17.1 Å². The zero-order valence-electron chi connectivity index (χ0n) is 19.5. The monoisotopic (exact) mass is 408 g/mol. The van der Waals surface area contributed by atoms with Crippen LogP contribution < -0.4 is 24.8 Å². The van der Waals surface area contributed by atoms with Gasteiger partial charge in [0, 0.05) is 56.5 Å². The predicted octanol–water partition coefficient (Wildman–Crippen LogP) is 2.93. The Hall–Kier alpha value is -2.15. The second-order valence-electron chi connectivity index (χ2n) is 7.47. The molecule has 166 valence electrons. The number of aliphatic imine (C=N–C) groups is 1. The molecular formula is C22H40N4O3. The standard InChI is InChI=1S/C22H40N4O3/c1-16(2)26(17(3)4)13-9-11-24-22(23-5)25-12-10-19-20(28-7)14-18(27-6)15-21(19)29-8/h14-17H,9-13H2,1-8H3,(H2,23,24,25). The molecule has 2 N–H and O–H groups in total. The first-order valence-electron chi connectivity index (χ1n) is 10.4. The quantitative estimate of drug-likeness (QED) is 0.315. The van der Waals surface area contributed by atoms with Gasteiger partial charge in [-0.25, -0.2) is 0 Å². The van der Waals surface area contributed by atoms with E-state index < -0.39 is 0 Å². The van der Waals surface area contributed by atoms with Crippen molar-refractivity contribution in [2.75, 3.05) is 48.0 Å². The topological polar surface area (TPSA) is 67.4 Å². The first-order valence-corrected chi connectivity index (χ1v) is 10.4. The summed E-state index contributed by atoms with van der Waals surface area (Å²) in [5.41, 5.74) is 1.00. The molecule has 1 rings (SSSR count). The van der Waals surface area contributed by atoms with Crippen LogP contribution >= 0.6 is 0 Å². The molecule has 0 bridgehead atoms. The lowest BCUT2D eigenvalue weighted by molar-refractivity contribution is 0.173. The van der Waals surface area contributed by atoms with E-state index in [2.05, 4.69) is 48.2 Å². The van der Waals surface area contributed by atoms with E-state index in [0.29, 0.717) is 24.4 Å². The molecule has 0 unspecified atom stereocenters. The number of hydrogen-bond acceptors (Lipinski definition) is 5. The highest BCUT2D eigenvalue weighted by atomic mass is 16.5. The van der Waals surface area contributed by atoms with Crippen molar-refractivity contribution >= 4 is 5.96 Å². The van der Waals surface area contributed by atoms with Gasteiger partial charge in [-0.15, -0.1) is 0 Å². The summed E-state index contributed by atoms with van der Waals surface area (Å²) in [6, 6.07) is 4.86. The van der Waals surface area contributed by atoms with Crippen molar-refractivity contribution < 1.29 is 14.2 Å². The molecule has 0 amide bonds. The highest BCUT2D eigenvalue weighted by Gasteiger charge is 2.14. The van der Waals surface area contributed by atoms with Crippen molar-refractivity contribution in [2.45, 2.75) is 52.6 Å². The molecule has 0 heterocycles. The first-order chi connectivity index (χ1) is 13.9. The molecule has 0 aromatic heterocycles. The minimum Gasteiger partial charge on any atom is -0.496 e. The Labute approximate surface area is 176 Å². The SMILES string of the molecule is CN=C(NCCCN(C(C)C)C(C)C)NCCc1c(OC)cc(OC)cc1OC. The minimum atomic E-state index is 0.557. The van der Waals surface area contributed by atoms with Crippen LogP contribution in [0.4, 0.5) is 0 Å². The van der Waals surface area contributed by atoms with Gasteiger partial charge in [-0.05, 0) is 40.5 Å². The van der Waals surface area contributed by atoms with Crippen LogP contribution in [0.5, 0.6) is 17.2 Å². The van der Waals surface area contributed by atoms with Gasteiger partial charge >= 0.3 is 0 Å². The number of methoxy groups -OCH3 is 3. The smallest absolute Gasteiger partial charge is 0.190 e. The van der Waals surface area contributed by atoms with Gasteiger partial charge in [0.05, 0.1) is 21.3 Å². The Kier molecular flexibility index (Phi) is 11.3. The molecule has 0 aliphatic heterocycles. The van der Waals surface area contributed by atoms with Crippen molar-refractivity contribution in [1.29, 1.82) is 0 Å². The zero-order valence-corrected chi connectivity index (χ0v) is 19.5. The Morgan fingerprint density at radius 1 is 0.931 bits per heavy atom. The minimum absolute atomic E-state index is 0.557. The lowest BCUT2D eigenvalue weighted by Gasteiger charge is -2.30. The molecule has 0 spiro atoms. The van der Waals surface area contributed by atoms with Crippen LogP contribution in [0, 0.1) is 0 Å². The van der Waals surface area contributed by atoms with E-state index in [1.165, 1.54) is 0 Å². The number of hydrogen-bond donors (Lipinski definition) is 2. The van der Waals surface area contributed by atoms with E-state index in [1.807, 2.05) is 12.1 Å². The molecule has 0 aliphatic rings. The van der Waals surface area contributed by atoms with Gasteiger partial charge < -0.3 is 24.8 Å². The molecule has 7 heteroatoms. The maximum absolute atomic E-state index is 5.52. The summed E-state index contributed by atoms with van der Waals surface area (Å²) >= 11 is 0. The second-order valence-corrected chi connectivity index (χ2v) is 7.47. The van der Waals surface area contributed by atoms with Gasteiger partial charge in [-0.2, -0.15) is 0 Å². The van der Waals surface area contributed by atoms with Gasteiger partial charge in [0.15, 0.2) is 5.96 Å². The molecule has 0 saturated heterocycles. The van der Waals surface area contributed by atoms with E-state index >= 15 is 0 Å². The number of rotatable bonds is 12. The second kappa shape index (κ2) is 13.1. The largest absolute Gasteiger partial charge is 0.496 e. The van der Waals surface area contributed by atoms with Crippen molar-refractivity contribution in [3.8, 4) is 17.2 Å². The molecule has 0 saturated carbocycles. The fraction of sp³-hybridized carbons (Fsp3) is 0.682. The molecule has 0 fully saturated rings. The highest BCUT2D eigenvalue weighted by molar-refractivity contribution is 5.79. The molecule has 7 nitrogen and oxygen atoms in total. The maximum Gasteiger partial charge on any atom is 0.190 e. The molecule has 0 aliphatic carbocycles. The molecule has 0 radical (unpaired) electrons. The molecular weight excluding hydrogens is 368 g/mol. The number of nitrogens with one attached hydrogen (secondary N) is 2. The summed E-state index contributed by atoms with van der Waals surface area (Å²) in [6.45, 7) is 11.6. The normalized spacial score (nSPS) is 11.9. The summed E-state index contributed by atoms with van der Waals surface area (Å²) in [5, 5.41) is 6.76. The predicted molar refractivity (Wildman–Crippen MR) is 121 cm³/mol. The first kappa shape index (κ1) is 24.9. The molecule has 29 heavy (non-hydrogen) atoms. The Morgan fingerprint density at radius 2 is 1.48 bits per heavy atom. The summed E-state index contributed by atoms with van der Waals surface area (Å²) in [5.74, 6) is 3.03. The van der Waals surface area contributed by atoms with Gasteiger partial charge in [-0.3, -0.25) is 9.89 Å². The van der Waals surface area contributed by atoms with Crippen LogP contribution in [0.25, 0.3) is 0 Å². The van der Waals surface area contributed by atoms with Crippen LogP contribution in [0.3, 0.4) is 0 Å². The highest BCUT2D eigenvalue weighted by Crippen LogP contribution is 2.34. The van der Waals surface area contributed by atoms with Crippen molar-refractivity contribution in [3.63, 3.8) is 0 Å². The van der Waals surface area contributed by atoms with Crippen LogP contribution in [0.1, 0.15) is 39.7 Å². The van der Waals surface area contributed by atoms with Crippen molar-refractivity contribution in [3.05, 3.63) is 17.7 Å². The van der Waals surface area contributed by atoms with Crippen molar-refractivity contribution in [2.24, 2.45) is 4.99 Å². The van der Waals surface area contributed by atoms with Gasteiger partial charge in [0.2, 0.25) is 0 Å². The maximum atomic E-state index is 5.52. The average molecular weight is 409 g/mol. The fourth-order valence-electron chi connectivity index (χ4n) is 3.43. The lowest BCUT2D eigenvalue weighted by Crippen LogP contribution is -2.41. The summed E-state index contributed by atoms with van der Waals surface area (Å²) in [4.78, 5) is 6.82. The van der Waals surface area contributed by atoms with Gasteiger partial charge in [-0.1, -0.05) is 0 Å². The van der Waals surface area contributed by atoms with E-state index in [9.17, 15) is 0 Å². The third kappa shape index (κ3) is 8.01. The van der Waals surface area contributed by atoms with Crippen LogP contribution in [0.2, 0.25) is 0 Å². The molecule has 0 atom stereocenters. The molecule has 1 aromatic rings. The Balaban J connectivity index is 2.54. The third-order valence-electron chi connectivity index (χ3n) is 4.92. The molecule has 1 aromatic carbocycles. The van der Waals surface area contributed by atoms with Crippen molar-refractivity contribution in [1.82, 2.24) is 15.5 Å². The Bertz CT molecular complexity index is 599. The summed E-state index contributed by atoms with van der Waals surface area (Å²) in [7, 11) is 6.73. The number of nitrogens with zero attached hydrogens (tertiary/aromatic N) is 2. The fourth-order valence-corrected chi connectivity index (χ4v) is 3.43.